The summed E-state index contributed by atoms with van der Waals surface area (Å²) in [5.41, 5.74) is 0. The second kappa shape index (κ2) is 7.11. The highest BCUT2D eigenvalue weighted by atomic mass is 16.5. The molecule has 2 rings (SSSR count). The molecule has 0 spiro atoms. The van der Waals surface area contributed by atoms with Gasteiger partial charge in [-0.2, -0.15) is 0 Å². The fraction of sp³-hybridized carbons (Fsp3) is 0.867. The van der Waals surface area contributed by atoms with Crippen molar-refractivity contribution in [2.45, 2.75) is 51.1 Å². The first kappa shape index (κ1) is 16.1. The molecule has 0 aromatic heterocycles. The monoisotopic (exact) mass is 298 g/mol. The van der Waals surface area contributed by atoms with Crippen molar-refractivity contribution in [3.05, 3.63) is 0 Å². The Bertz CT molecular complexity index is 380. The van der Waals surface area contributed by atoms with Crippen molar-refractivity contribution >= 4 is 12.0 Å². The Morgan fingerprint density at radius 1 is 1.29 bits per heavy atom. The molecule has 2 fully saturated rings. The van der Waals surface area contributed by atoms with E-state index in [0.717, 1.165) is 31.6 Å². The van der Waals surface area contributed by atoms with E-state index >= 15 is 0 Å². The van der Waals surface area contributed by atoms with Crippen molar-refractivity contribution in [3.8, 4) is 0 Å². The van der Waals surface area contributed by atoms with E-state index in [1.165, 1.54) is 0 Å². The van der Waals surface area contributed by atoms with Crippen LogP contribution < -0.4 is 0 Å². The third-order valence-electron chi connectivity index (χ3n) is 4.72. The van der Waals surface area contributed by atoms with Crippen molar-refractivity contribution in [1.82, 2.24) is 9.80 Å². The lowest BCUT2D eigenvalue weighted by Gasteiger charge is -2.41. The zero-order chi connectivity index (χ0) is 15.4. The molecular weight excluding hydrogens is 272 g/mol. The van der Waals surface area contributed by atoms with Gasteiger partial charge >= 0.3 is 12.0 Å². The largest absolute Gasteiger partial charge is 0.481 e. The van der Waals surface area contributed by atoms with Gasteiger partial charge < -0.3 is 19.6 Å². The Labute approximate surface area is 126 Å². The molecule has 0 aromatic rings. The van der Waals surface area contributed by atoms with Gasteiger partial charge in [-0.3, -0.25) is 4.79 Å². The number of urea groups is 1. The second-order valence-electron chi connectivity index (χ2n) is 6.33. The van der Waals surface area contributed by atoms with Gasteiger partial charge in [0.05, 0.1) is 25.7 Å². The number of aliphatic carboxylic acids is 1. The van der Waals surface area contributed by atoms with Crippen LogP contribution >= 0.6 is 0 Å². The maximum Gasteiger partial charge on any atom is 0.320 e. The summed E-state index contributed by atoms with van der Waals surface area (Å²) < 4.78 is 5.33. The first-order chi connectivity index (χ1) is 9.99. The summed E-state index contributed by atoms with van der Waals surface area (Å²) in [4.78, 5) is 27.1. The number of rotatable bonds is 3. The lowest BCUT2D eigenvalue weighted by Crippen LogP contribution is -2.55. The third kappa shape index (κ3) is 4.09. The first-order valence-corrected chi connectivity index (χ1v) is 7.82. The van der Waals surface area contributed by atoms with Crippen molar-refractivity contribution in [3.63, 3.8) is 0 Å². The number of ether oxygens (including phenoxy) is 1. The number of amides is 2. The van der Waals surface area contributed by atoms with E-state index in [0.29, 0.717) is 19.8 Å². The predicted octanol–water partition coefficient (Wildman–Crippen LogP) is 1.79. The number of morpholine rings is 1. The van der Waals surface area contributed by atoms with E-state index in [-0.39, 0.29) is 24.5 Å². The van der Waals surface area contributed by atoms with Crippen molar-refractivity contribution < 1.29 is 19.4 Å². The minimum Gasteiger partial charge on any atom is -0.481 e. The van der Waals surface area contributed by atoms with Crippen molar-refractivity contribution in [1.29, 1.82) is 0 Å². The number of nitrogens with zero attached hydrogens (tertiary/aromatic N) is 2. The van der Waals surface area contributed by atoms with Gasteiger partial charge in [-0.25, -0.2) is 4.79 Å². The maximum atomic E-state index is 12.7. The molecule has 6 heteroatoms. The highest BCUT2D eigenvalue weighted by Crippen LogP contribution is 2.27. The Kier molecular flexibility index (Phi) is 5.45. The van der Waals surface area contributed by atoms with E-state index in [2.05, 4.69) is 6.92 Å². The Balaban J connectivity index is 1.97. The fourth-order valence-corrected chi connectivity index (χ4v) is 3.27. The molecule has 1 heterocycles. The topological polar surface area (TPSA) is 70.1 Å². The van der Waals surface area contributed by atoms with Crippen LogP contribution in [0.1, 0.15) is 39.0 Å². The molecule has 1 saturated carbocycles. The predicted molar refractivity (Wildman–Crippen MR) is 78.1 cm³/mol. The van der Waals surface area contributed by atoms with Crippen molar-refractivity contribution in [2.24, 2.45) is 5.92 Å². The molecule has 21 heavy (non-hydrogen) atoms. The summed E-state index contributed by atoms with van der Waals surface area (Å²) in [5, 5.41) is 8.97. The van der Waals surface area contributed by atoms with Crippen LogP contribution in [-0.4, -0.2) is 65.8 Å². The summed E-state index contributed by atoms with van der Waals surface area (Å²) in [5.74, 6) is -0.148. The molecule has 1 aliphatic carbocycles. The number of carboxylic acids is 1. The Morgan fingerprint density at radius 3 is 2.57 bits per heavy atom. The van der Waals surface area contributed by atoms with Gasteiger partial charge in [0.25, 0.3) is 0 Å². The van der Waals surface area contributed by atoms with E-state index in [1.54, 1.807) is 4.90 Å². The van der Waals surface area contributed by atoms with E-state index in [1.807, 2.05) is 11.9 Å². The minimum absolute atomic E-state index is 0.0518. The zero-order valence-corrected chi connectivity index (χ0v) is 13.0. The van der Waals surface area contributed by atoms with Gasteiger partial charge in [0, 0.05) is 19.6 Å². The molecule has 0 radical (unpaired) electrons. The SMILES string of the molecule is CC1CCC(N(C)C(=O)N2CCOCC2CC(=O)O)CC1. The molecule has 0 bridgehead atoms. The van der Waals surface area contributed by atoms with Gasteiger partial charge in [0.15, 0.2) is 0 Å². The van der Waals surface area contributed by atoms with Crippen LogP contribution in [0.4, 0.5) is 4.79 Å². The molecule has 2 aliphatic rings. The van der Waals surface area contributed by atoms with Crippen LogP contribution in [0.2, 0.25) is 0 Å². The summed E-state index contributed by atoms with van der Waals surface area (Å²) in [7, 11) is 1.84. The lowest BCUT2D eigenvalue weighted by atomic mass is 9.87. The fourth-order valence-electron chi connectivity index (χ4n) is 3.27. The van der Waals surface area contributed by atoms with Gasteiger partial charge in [-0.1, -0.05) is 6.92 Å². The molecule has 2 amide bonds. The Morgan fingerprint density at radius 2 is 1.95 bits per heavy atom. The molecular formula is C15H26N2O4. The number of hydrogen-bond acceptors (Lipinski definition) is 3. The summed E-state index contributed by atoms with van der Waals surface area (Å²) in [6.45, 7) is 3.53. The van der Waals surface area contributed by atoms with Crippen LogP contribution in [0.15, 0.2) is 0 Å². The molecule has 1 unspecified atom stereocenters. The highest BCUT2D eigenvalue weighted by molar-refractivity contribution is 5.76. The summed E-state index contributed by atoms with van der Waals surface area (Å²) in [6.07, 6.45) is 4.34. The third-order valence-corrected chi connectivity index (χ3v) is 4.72. The second-order valence-corrected chi connectivity index (χ2v) is 6.33. The van der Waals surface area contributed by atoms with Crippen LogP contribution in [0.25, 0.3) is 0 Å². The van der Waals surface area contributed by atoms with Gasteiger partial charge in [0.2, 0.25) is 0 Å². The van der Waals surface area contributed by atoms with E-state index in [4.69, 9.17) is 9.84 Å². The molecule has 6 nitrogen and oxygen atoms in total. The molecule has 1 atom stereocenters. The van der Waals surface area contributed by atoms with Crippen LogP contribution in [0.3, 0.4) is 0 Å². The smallest absolute Gasteiger partial charge is 0.320 e. The van der Waals surface area contributed by atoms with Crippen LogP contribution in [0.5, 0.6) is 0 Å². The van der Waals surface area contributed by atoms with E-state index in [9.17, 15) is 9.59 Å². The number of carbonyl (C=O) groups is 2. The van der Waals surface area contributed by atoms with Gasteiger partial charge in [0.1, 0.15) is 0 Å². The summed E-state index contributed by atoms with van der Waals surface area (Å²) in [6, 6.07) is -0.125. The Hall–Kier alpha value is -1.30. The van der Waals surface area contributed by atoms with Crippen molar-refractivity contribution in [2.75, 3.05) is 26.8 Å². The first-order valence-electron chi connectivity index (χ1n) is 7.82. The number of carboxylic acid groups (broad SMARTS) is 1. The molecule has 1 saturated heterocycles. The minimum atomic E-state index is -0.891. The number of hydrogen-bond donors (Lipinski definition) is 1. The van der Waals surface area contributed by atoms with Crippen LogP contribution in [-0.2, 0) is 9.53 Å². The molecule has 1 aliphatic heterocycles. The average molecular weight is 298 g/mol. The lowest BCUT2D eigenvalue weighted by molar-refractivity contribution is -0.139. The zero-order valence-electron chi connectivity index (χ0n) is 13.0. The van der Waals surface area contributed by atoms with Gasteiger partial charge in [-0.15, -0.1) is 0 Å². The quantitative estimate of drug-likeness (QED) is 0.862. The standard InChI is InChI=1S/C15H26N2O4/c1-11-3-5-12(6-4-11)16(2)15(20)17-7-8-21-10-13(17)9-14(18)19/h11-13H,3-10H2,1-2H3,(H,18,19). The number of carbonyl (C=O) groups excluding carboxylic acids is 1. The molecule has 0 aromatic carbocycles. The molecule has 1 N–H and O–H groups in total. The van der Waals surface area contributed by atoms with Gasteiger partial charge in [-0.05, 0) is 31.6 Å². The molecule has 120 valence electrons. The van der Waals surface area contributed by atoms with E-state index < -0.39 is 5.97 Å². The highest BCUT2D eigenvalue weighted by Gasteiger charge is 2.33. The maximum absolute atomic E-state index is 12.7. The normalized spacial score (nSPS) is 30.0. The summed E-state index contributed by atoms with van der Waals surface area (Å²) >= 11 is 0. The average Bonchev–Trinajstić information content (AvgIpc) is 2.46. The van der Waals surface area contributed by atoms with Crippen LogP contribution in [0, 0.1) is 5.92 Å².